The van der Waals surface area contributed by atoms with E-state index in [1.54, 1.807) is 6.26 Å². The third kappa shape index (κ3) is 2.34. The second-order valence-corrected chi connectivity index (χ2v) is 4.76. The number of fused-ring (bicyclic) bond motifs is 1. The van der Waals surface area contributed by atoms with Gasteiger partial charge in [-0.3, -0.25) is 4.79 Å². The highest BCUT2D eigenvalue weighted by Gasteiger charge is 2.16. The molecule has 98 valence electrons. The summed E-state index contributed by atoms with van der Waals surface area (Å²) in [6, 6.07) is 9.33. The Kier molecular flexibility index (Phi) is 2.99. The molecule has 0 fully saturated rings. The third-order valence-electron chi connectivity index (χ3n) is 3.40. The number of nitrogens with one attached hydrogen (secondary N) is 2. The van der Waals surface area contributed by atoms with Gasteiger partial charge in [0.05, 0.1) is 12.3 Å². The first-order valence-electron chi connectivity index (χ1n) is 6.45. The minimum atomic E-state index is -0.135. The number of hydrogen-bond acceptors (Lipinski definition) is 3. The lowest BCUT2D eigenvalue weighted by Gasteiger charge is -2.12. The molecule has 0 saturated carbocycles. The van der Waals surface area contributed by atoms with Gasteiger partial charge in [-0.05, 0) is 43.2 Å². The fourth-order valence-corrected chi connectivity index (χ4v) is 2.32. The van der Waals surface area contributed by atoms with Crippen molar-refractivity contribution in [3.63, 3.8) is 0 Å². The van der Waals surface area contributed by atoms with Crippen LogP contribution in [-0.2, 0) is 6.42 Å². The van der Waals surface area contributed by atoms with Crippen LogP contribution in [0.5, 0.6) is 0 Å². The van der Waals surface area contributed by atoms with Gasteiger partial charge in [0.25, 0.3) is 5.91 Å². The summed E-state index contributed by atoms with van der Waals surface area (Å²) in [5.74, 6) is 0.674. The van der Waals surface area contributed by atoms with Gasteiger partial charge >= 0.3 is 0 Å². The van der Waals surface area contributed by atoms with E-state index in [2.05, 4.69) is 10.6 Å². The van der Waals surface area contributed by atoms with Crippen molar-refractivity contribution in [2.45, 2.75) is 19.4 Å². The largest absolute Gasteiger partial charge is 0.467 e. The lowest BCUT2D eigenvalue weighted by molar-refractivity contribution is 0.0935. The topological polar surface area (TPSA) is 54.3 Å². The number of rotatable bonds is 3. The van der Waals surface area contributed by atoms with Gasteiger partial charge in [-0.1, -0.05) is 6.07 Å². The van der Waals surface area contributed by atoms with Crippen LogP contribution in [0.1, 0.15) is 34.6 Å². The summed E-state index contributed by atoms with van der Waals surface area (Å²) in [4.78, 5) is 12.2. The number of carbonyl (C=O) groups is 1. The number of anilines is 1. The Morgan fingerprint density at radius 3 is 3.11 bits per heavy atom. The van der Waals surface area contributed by atoms with Gasteiger partial charge in [-0.15, -0.1) is 0 Å². The van der Waals surface area contributed by atoms with Crippen LogP contribution in [0.4, 0.5) is 5.69 Å². The molecular formula is C15H16N2O2. The van der Waals surface area contributed by atoms with Crippen molar-refractivity contribution in [1.82, 2.24) is 5.32 Å². The van der Waals surface area contributed by atoms with Crippen LogP contribution in [0.2, 0.25) is 0 Å². The average molecular weight is 256 g/mol. The molecule has 2 heterocycles. The van der Waals surface area contributed by atoms with E-state index >= 15 is 0 Å². The molecule has 3 rings (SSSR count). The van der Waals surface area contributed by atoms with Crippen molar-refractivity contribution in [3.8, 4) is 0 Å². The number of amides is 1. The molecule has 0 aliphatic carbocycles. The van der Waals surface area contributed by atoms with Crippen LogP contribution in [0, 0.1) is 0 Å². The predicted octanol–water partition coefficient (Wildman–Crippen LogP) is 2.74. The van der Waals surface area contributed by atoms with E-state index in [-0.39, 0.29) is 11.9 Å². The summed E-state index contributed by atoms with van der Waals surface area (Å²) < 4.78 is 5.28. The minimum absolute atomic E-state index is 0.0830. The number of carbonyl (C=O) groups excluding carboxylic acids is 1. The average Bonchev–Trinajstić information content (AvgIpc) is 3.09. The SMILES string of the molecule is C[C@@H](NC(=O)c1ccc2c(c1)NCC2)c1ccco1. The normalized spacial score (nSPS) is 14.6. The number of benzene rings is 1. The number of hydrogen-bond donors (Lipinski definition) is 2. The first kappa shape index (κ1) is 11.8. The van der Waals surface area contributed by atoms with Crippen LogP contribution >= 0.6 is 0 Å². The first-order valence-corrected chi connectivity index (χ1v) is 6.45. The maximum Gasteiger partial charge on any atom is 0.251 e. The third-order valence-corrected chi connectivity index (χ3v) is 3.40. The Hall–Kier alpha value is -2.23. The Morgan fingerprint density at radius 2 is 2.32 bits per heavy atom. The zero-order valence-electron chi connectivity index (χ0n) is 10.8. The van der Waals surface area contributed by atoms with Gasteiger partial charge < -0.3 is 15.1 Å². The van der Waals surface area contributed by atoms with Crippen LogP contribution in [0.25, 0.3) is 0 Å². The van der Waals surface area contributed by atoms with Crippen molar-refractivity contribution in [3.05, 3.63) is 53.5 Å². The predicted molar refractivity (Wildman–Crippen MR) is 73.2 cm³/mol. The fourth-order valence-electron chi connectivity index (χ4n) is 2.32. The van der Waals surface area contributed by atoms with Crippen LogP contribution in [0.3, 0.4) is 0 Å². The van der Waals surface area contributed by atoms with Gasteiger partial charge in [-0.25, -0.2) is 0 Å². The van der Waals surface area contributed by atoms with E-state index in [0.717, 1.165) is 24.4 Å². The van der Waals surface area contributed by atoms with Crippen molar-refractivity contribution in [2.24, 2.45) is 0 Å². The van der Waals surface area contributed by atoms with E-state index in [1.165, 1.54) is 5.56 Å². The Labute approximate surface area is 111 Å². The molecule has 1 aliphatic rings. The van der Waals surface area contributed by atoms with Gasteiger partial charge in [-0.2, -0.15) is 0 Å². The molecule has 1 aromatic heterocycles. The van der Waals surface area contributed by atoms with Gasteiger partial charge in [0.15, 0.2) is 0 Å². The molecule has 0 saturated heterocycles. The Balaban J connectivity index is 1.74. The molecule has 4 nitrogen and oxygen atoms in total. The van der Waals surface area contributed by atoms with Gasteiger partial charge in [0, 0.05) is 17.8 Å². The summed E-state index contributed by atoms with van der Waals surface area (Å²) in [6.07, 6.45) is 2.64. The lowest BCUT2D eigenvalue weighted by atomic mass is 10.1. The smallest absolute Gasteiger partial charge is 0.251 e. The molecule has 1 aromatic carbocycles. The monoisotopic (exact) mass is 256 g/mol. The van der Waals surface area contributed by atoms with E-state index in [4.69, 9.17) is 4.42 Å². The van der Waals surface area contributed by atoms with Crippen LogP contribution in [0.15, 0.2) is 41.0 Å². The molecular weight excluding hydrogens is 240 g/mol. The van der Waals surface area contributed by atoms with Gasteiger partial charge in [0.1, 0.15) is 5.76 Å². The van der Waals surface area contributed by atoms with Crippen LogP contribution in [-0.4, -0.2) is 12.5 Å². The summed E-state index contributed by atoms with van der Waals surface area (Å²) in [5.41, 5.74) is 3.01. The van der Waals surface area contributed by atoms with E-state index < -0.39 is 0 Å². The molecule has 19 heavy (non-hydrogen) atoms. The standard InChI is InChI=1S/C15H16N2O2/c1-10(14-3-2-8-19-14)17-15(18)12-5-4-11-6-7-16-13(11)9-12/h2-5,8-10,16H,6-7H2,1H3,(H,17,18)/t10-/m1/s1. The molecule has 1 amide bonds. The molecule has 4 heteroatoms. The molecule has 1 atom stereocenters. The summed E-state index contributed by atoms with van der Waals surface area (Å²) >= 11 is 0. The summed E-state index contributed by atoms with van der Waals surface area (Å²) in [6.45, 7) is 2.85. The molecule has 2 aromatic rings. The zero-order chi connectivity index (χ0) is 13.2. The molecule has 2 N–H and O–H groups in total. The maximum atomic E-state index is 12.2. The molecule has 0 spiro atoms. The highest BCUT2D eigenvalue weighted by molar-refractivity contribution is 5.95. The summed E-state index contributed by atoms with van der Waals surface area (Å²) in [7, 11) is 0. The first-order chi connectivity index (χ1) is 9.24. The van der Waals surface area contributed by atoms with Crippen LogP contribution < -0.4 is 10.6 Å². The highest BCUT2D eigenvalue weighted by Crippen LogP contribution is 2.23. The van der Waals surface area contributed by atoms with E-state index in [9.17, 15) is 4.79 Å². The molecule has 0 bridgehead atoms. The highest BCUT2D eigenvalue weighted by atomic mass is 16.3. The lowest BCUT2D eigenvalue weighted by Crippen LogP contribution is -2.26. The Morgan fingerprint density at radius 1 is 1.42 bits per heavy atom. The second-order valence-electron chi connectivity index (χ2n) is 4.76. The summed E-state index contributed by atoms with van der Waals surface area (Å²) in [5, 5.41) is 6.21. The second kappa shape index (κ2) is 4.80. The fraction of sp³-hybridized carbons (Fsp3) is 0.267. The van der Waals surface area contributed by atoms with Crippen molar-refractivity contribution in [1.29, 1.82) is 0 Å². The molecule has 0 unspecified atom stereocenters. The molecule has 1 aliphatic heterocycles. The maximum absolute atomic E-state index is 12.2. The minimum Gasteiger partial charge on any atom is -0.467 e. The Bertz CT molecular complexity index is 590. The van der Waals surface area contributed by atoms with Crippen molar-refractivity contribution >= 4 is 11.6 Å². The van der Waals surface area contributed by atoms with E-state index in [0.29, 0.717) is 5.56 Å². The number of furan rings is 1. The molecule has 0 radical (unpaired) electrons. The van der Waals surface area contributed by atoms with Crippen molar-refractivity contribution < 1.29 is 9.21 Å². The van der Waals surface area contributed by atoms with Crippen molar-refractivity contribution in [2.75, 3.05) is 11.9 Å². The zero-order valence-corrected chi connectivity index (χ0v) is 10.8. The van der Waals surface area contributed by atoms with E-state index in [1.807, 2.05) is 37.3 Å². The quantitative estimate of drug-likeness (QED) is 0.887. The van der Waals surface area contributed by atoms with Gasteiger partial charge in [0.2, 0.25) is 0 Å².